The Balaban J connectivity index is 3.04. The fourth-order valence-corrected chi connectivity index (χ4v) is 7.37. The molecule has 0 bridgehead atoms. The maximum absolute atomic E-state index is 14.2. The fraction of sp³-hybridized carbons (Fsp3) is 1.00. The summed E-state index contributed by atoms with van der Waals surface area (Å²) in [4.78, 5) is 3.93. The van der Waals surface area contributed by atoms with Crippen molar-refractivity contribution >= 4 is 19.8 Å². The molecule has 1 aliphatic carbocycles. The van der Waals surface area contributed by atoms with E-state index >= 15 is 0 Å². The van der Waals surface area contributed by atoms with Crippen LogP contribution in [0.2, 0.25) is 0 Å². The second-order valence-corrected chi connectivity index (χ2v) is 13.2. The Morgan fingerprint density at radius 2 is 1.35 bits per heavy atom. The second-order valence-electron chi connectivity index (χ2n) is 6.94. The van der Waals surface area contributed by atoms with Crippen LogP contribution in [0, 0.1) is 11.3 Å². The van der Waals surface area contributed by atoms with E-state index in [4.69, 9.17) is 0 Å². The summed E-state index contributed by atoms with van der Waals surface area (Å²) in [7, 11) is 0. The Labute approximate surface area is 125 Å². The van der Waals surface area contributed by atoms with Gasteiger partial charge in [0.1, 0.15) is 0 Å². The van der Waals surface area contributed by atoms with Gasteiger partial charge in [0, 0.05) is 0 Å². The van der Waals surface area contributed by atoms with Gasteiger partial charge < -0.3 is 0 Å². The number of rotatable bonds is 3. The Kier molecular flexibility index (Phi) is 6.15. The maximum atomic E-state index is 14.2. The summed E-state index contributed by atoms with van der Waals surface area (Å²) in [5, 5.41) is 9.24. The van der Waals surface area contributed by atoms with Crippen molar-refractivity contribution in [2.75, 3.05) is 9.86 Å². The zero-order valence-electron chi connectivity index (χ0n) is 12.6. The summed E-state index contributed by atoms with van der Waals surface area (Å²) in [6.45, 7) is 5.87. The van der Waals surface area contributed by atoms with E-state index in [1.165, 1.54) is 0 Å². The zero-order chi connectivity index (χ0) is 15.8. The van der Waals surface area contributed by atoms with Gasteiger partial charge in [-0.1, -0.05) is 0 Å². The molecule has 0 spiro atoms. The predicted molar refractivity (Wildman–Crippen MR) is 82.8 cm³/mol. The first-order valence-electron chi connectivity index (χ1n) is 6.70. The van der Waals surface area contributed by atoms with Crippen LogP contribution < -0.4 is 0 Å². The van der Waals surface area contributed by atoms with Crippen molar-refractivity contribution in [2.45, 2.75) is 61.9 Å². The van der Waals surface area contributed by atoms with E-state index in [1.807, 2.05) is 30.6 Å². The van der Waals surface area contributed by atoms with Crippen molar-refractivity contribution in [3.8, 4) is 0 Å². The van der Waals surface area contributed by atoms with E-state index in [2.05, 4.69) is 0 Å². The van der Waals surface area contributed by atoms with E-state index in [1.54, 1.807) is 0 Å². The van der Waals surface area contributed by atoms with Crippen molar-refractivity contribution in [3.05, 3.63) is 0 Å². The second kappa shape index (κ2) is 6.67. The first-order valence-corrected chi connectivity index (χ1v) is 12.3. The first-order chi connectivity index (χ1) is 8.97. The van der Waals surface area contributed by atoms with Gasteiger partial charge >= 0.3 is 126 Å². The Morgan fingerprint density at radius 3 is 1.65 bits per heavy atom. The van der Waals surface area contributed by atoms with Crippen LogP contribution in [0.25, 0.3) is 0 Å². The molecule has 0 saturated heterocycles. The summed E-state index contributed by atoms with van der Waals surface area (Å²) in [5.41, 5.74) is -0.153. The van der Waals surface area contributed by atoms with E-state index in [0.717, 1.165) is 0 Å². The molecule has 0 amide bonds. The van der Waals surface area contributed by atoms with E-state index < -0.39 is 56.5 Å². The third-order valence-electron chi connectivity index (χ3n) is 3.78. The number of hydrogen-bond acceptors (Lipinski definition) is 1. The van der Waals surface area contributed by atoms with Crippen molar-refractivity contribution in [2.24, 2.45) is 11.3 Å². The van der Waals surface area contributed by atoms with Gasteiger partial charge in [0.05, 0.1) is 0 Å². The third kappa shape index (κ3) is 3.99. The van der Waals surface area contributed by atoms with Crippen LogP contribution >= 0.6 is 19.8 Å². The van der Waals surface area contributed by atoms with Gasteiger partial charge in [-0.05, 0) is 0 Å². The predicted octanol–water partition coefficient (Wildman–Crippen LogP) is 3.90. The molecule has 1 nitrogen and oxygen atoms in total. The van der Waals surface area contributed by atoms with Crippen LogP contribution in [0.1, 0.15) is 27.2 Å². The number of aliphatic hydroxyl groups excluding tert-OH is 1. The fourth-order valence-electron chi connectivity index (χ4n) is 2.72. The van der Waals surface area contributed by atoms with Crippen LogP contribution in [-0.4, -0.2) is 49.7 Å². The Morgan fingerprint density at radius 1 is 0.950 bits per heavy atom. The molecule has 122 valence electrons. The number of alkyl halides is 7. The first kappa shape index (κ1) is 18.5. The van der Waals surface area contributed by atoms with Crippen LogP contribution in [0.3, 0.4) is 0 Å². The minimum absolute atomic E-state index is 0.153. The zero-order valence-corrected chi connectivity index (χ0v) is 14.7. The molecular formula is C14H25F4IO. The third-order valence-corrected chi connectivity index (χ3v) is 8.25. The quantitative estimate of drug-likeness (QED) is 0.424. The van der Waals surface area contributed by atoms with E-state index in [9.17, 15) is 22.7 Å². The molecule has 20 heavy (non-hydrogen) atoms. The van der Waals surface area contributed by atoms with Crippen LogP contribution in [-0.2, 0) is 0 Å². The molecule has 0 radical (unpaired) electrons. The molecule has 6 heteroatoms. The Hall–Kier alpha value is 0.410. The van der Waals surface area contributed by atoms with Crippen molar-refractivity contribution in [1.29, 1.82) is 0 Å². The number of halogens is 5. The molecule has 0 aromatic heterocycles. The molecule has 5 atom stereocenters. The molecule has 1 saturated carbocycles. The standard InChI is InChI=1S/C14H25F4IO/c1-14(2,3)6-7(19(4)5)8-9(15)11(17)13(20)12(18)10(8)16/h7-13,20H,6H2,1-5H3. The summed E-state index contributed by atoms with van der Waals surface area (Å²) >= 11 is -1.69. The van der Waals surface area contributed by atoms with Crippen molar-refractivity contribution in [3.63, 3.8) is 0 Å². The van der Waals surface area contributed by atoms with Gasteiger partial charge in [0.15, 0.2) is 0 Å². The summed E-state index contributed by atoms with van der Waals surface area (Å²) in [6, 6.07) is 0. The van der Waals surface area contributed by atoms with Gasteiger partial charge in [-0.25, -0.2) is 0 Å². The normalized spacial score (nSPS) is 41.4. The molecule has 0 aromatic carbocycles. The molecule has 0 aliphatic heterocycles. The number of aliphatic hydroxyl groups is 1. The molecule has 1 aliphatic rings. The topological polar surface area (TPSA) is 20.2 Å². The van der Waals surface area contributed by atoms with Crippen molar-refractivity contribution < 1.29 is 22.7 Å². The SMILES string of the molecule is CI(C)C(CC(C)(C)C)C1C(F)C(F)C(O)C(F)C1F. The van der Waals surface area contributed by atoms with Gasteiger partial charge in [-0.15, -0.1) is 0 Å². The van der Waals surface area contributed by atoms with Crippen LogP contribution in [0.5, 0.6) is 0 Å². The summed E-state index contributed by atoms with van der Waals surface area (Å²) in [5.74, 6) is -1.28. The van der Waals surface area contributed by atoms with Gasteiger partial charge in [-0.2, -0.15) is 0 Å². The molecule has 1 rings (SSSR count). The van der Waals surface area contributed by atoms with Crippen LogP contribution in [0.15, 0.2) is 0 Å². The van der Waals surface area contributed by atoms with Crippen LogP contribution in [0.4, 0.5) is 17.6 Å². The molecule has 1 fully saturated rings. The summed E-state index contributed by atoms with van der Waals surface area (Å²) < 4.78 is 55.4. The molecule has 5 unspecified atom stereocenters. The average Bonchev–Trinajstić information content (AvgIpc) is 2.31. The van der Waals surface area contributed by atoms with Crippen molar-refractivity contribution in [1.82, 2.24) is 0 Å². The molecular weight excluding hydrogens is 387 g/mol. The molecule has 1 N–H and O–H groups in total. The Bertz CT molecular complexity index is 305. The average molecular weight is 412 g/mol. The van der Waals surface area contributed by atoms with E-state index in [-0.39, 0.29) is 9.34 Å². The van der Waals surface area contributed by atoms with E-state index in [0.29, 0.717) is 6.42 Å². The molecule has 0 heterocycles. The molecule has 0 aromatic rings. The minimum atomic E-state index is -2.33. The monoisotopic (exact) mass is 412 g/mol. The van der Waals surface area contributed by atoms with Gasteiger partial charge in [0.25, 0.3) is 0 Å². The number of hydrogen-bond donors (Lipinski definition) is 1. The van der Waals surface area contributed by atoms with Gasteiger partial charge in [-0.3, -0.25) is 0 Å². The summed E-state index contributed by atoms with van der Waals surface area (Å²) in [6.07, 6.45) is -10.6. The van der Waals surface area contributed by atoms with Gasteiger partial charge in [0.2, 0.25) is 0 Å².